The summed E-state index contributed by atoms with van der Waals surface area (Å²) in [5, 5.41) is 6.76. The van der Waals surface area contributed by atoms with Crippen molar-refractivity contribution < 1.29 is 8.95 Å². The molecule has 2 N–H and O–H groups in total. The Bertz CT molecular complexity index is 677. The van der Waals surface area contributed by atoms with Crippen molar-refractivity contribution in [2.75, 3.05) is 51.7 Å². The number of halogens is 1. The minimum atomic E-state index is -0.879. The first-order valence-electron chi connectivity index (χ1n) is 11.5. The maximum absolute atomic E-state index is 12.4. The molecule has 2 aliphatic rings. The highest BCUT2D eigenvalue weighted by molar-refractivity contribution is 14.0. The van der Waals surface area contributed by atoms with Gasteiger partial charge in [0.2, 0.25) is 0 Å². The Morgan fingerprint density at radius 3 is 2.52 bits per heavy atom. The first-order valence-corrected chi connectivity index (χ1v) is 12.9. The van der Waals surface area contributed by atoms with E-state index in [1.165, 1.54) is 32.1 Å². The first kappa shape index (κ1) is 26.5. The molecule has 1 aliphatic carbocycles. The SMILES string of the molecule is CCNC(=NCC1(N2CCOCC2)CCCCC1)NCCS(=O)Cc1ccccc1.I. The van der Waals surface area contributed by atoms with Crippen LogP contribution < -0.4 is 10.6 Å². The average molecular weight is 563 g/mol. The molecule has 0 radical (unpaired) electrons. The maximum Gasteiger partial charge on any atom is 0.191 e. The molecule has 1 aromatic carbocycles. The molecular formula is C23H39IN4O2S. The lowest BCUT2D eigenvalue weighted by Crippen LogP contribution is -2.56. The number of morpholine rings is 1. The van der Waals surface area contributed by atoms with Crippen molar-refractivity contribution in [2.45, 2.75) is 50.3 Å². The van der Waals surface area contributed by atoms with E-state index in [2.05, 4.69) is 22.5 Å². The Morgan fingerprint density at radius 2 is 1.84 bits per heavy atom. The Hall–Kier alpha value is -0.710. The van der Waals surface area contributed by atoms with Crippen LogP contribution in [-0.4, -0.2) is 72.3 Å². The van der Waals surface area contributed by atoms with E-state index in [1.807, 2.05) is 30.3 Å². The molecule has 6 nitrogen and oxygen atoms in total. The Kier molecular flexibility index (Phi) is 12.4. The highest BCUT2D eigenvalue weighted by atomic mass is 127. The molecule has 0 aromatic heterocycles. The fraction of sp³-hybridized carbons (Fsp3) is 0.696. The Balaban J connectivity index is 0.00000341. The lowest BCUT2D eigenvalue weighted by molar-refractivity contribution is -0.0333. The van der Waals surface area contributed by atoms with Crippen LogP contribution >= 0.6 is 24.0 Å². The number of nitrogens with one attached hydrogen (secondary N) is 2. The number of guanidine groups is 1. The quantitative estimate of drug-likeness (QED) is 0.275. The lowest BCUT2D eigenvalue weighted by Gasteiger charge is -2.47. The molecule has 3 rings (SSSR count). The number of hydrogen-bond acceptors (Lipinski definition) is 4. The molecule has 1 aliphatic heterocycles. The second kappa shape index (κ2) is 14.4. The molecular weight excluding hydrogens is 523 g/mol. The van der Waals surface area contributed by atoms with Crippen LogP contribution in [0, 0.1) is 0 Å². The van der Waals surface area contributed by atoms with Crippen molar-refractivity contribution in [1.29, 1.82) is 0 Å². The fourth-order valence-corrected chi connectivity index (χ4v) is 5.54. The molecule has 1 atom stereocenters. The number of aliphatic imine (C=N–C) groups is 1. The van der Waals surface area contributed by atoms with E-state index in [9.17, 15) is 4.21 Å². The molecule has 1 saturated carbocycles. The first-order chi connectivity index (χ1) is 14.7. The zero-order valence-electron chi connectivity index (χ0n) is 18.8. The van der Waals surface area contributed by atoms with Crippen molar-refractivity contribution in [3.05, 3.63) is 35.9 Å². The van der Waals surface area contributed by atoms with Crippen LogP contribution in [0.15, 0.2) is 35.3 Å². The number of nitrogens with zero attached hydrogens (tertiary/aromatic N) is 2. The zero-order valence-corrected chi connectivity index (χ0v) is 22.0. The van der Waals surface area contributed by atoms with E-state index in [0.29, 0.717) is 18.1 Å². The summed E-state index contributed by atoms with van der Waals surface area (Å²) in [7, 11) is -0.879. The molecule has 31 heavy (non-hydrogen) atoms. The van der Waals surface area contributed by atoms with Crippen LogP contribution in [-0.2, 0) is 21.3 Å². The van der Waals surface area contributed by atoms with Crippen LogP contribution in [0.25, 0.3) is 0 Å². The summed E-state index contributed by atoms with van der Waals surface area (Å²) in [5.41, 5.74) is 1.29. The van der Waals surface area contributed by atoms with E-state index < -0.39 is 10.8 Å². The molecule has 1 heterocycles. The normalized spacial score (nSPS) is 20.5. The minimum absolute atomic E-state index is 0. The summed E-state index contributed by atoms with van der Waals surface area (Å²) in [4.78, 5) is 7.60. The second-order valence-electron chi connectivity index (χ2n) is 8.28. The predicted molar refractivity (Wildman–Crippen MR) is 141 cm³/mol. The molecule has 1 aromatic rings. The average Bonchev–Trinajstić information content (AvgIpc) is 2.79. The lowest BCUT2D eigenvalue weighted by atomic mass is 9.80. The largest absolute Gasteiger partial charge is 0.379 e. The second-order valence-corrected chi connectivity index (χ2v) is 9.86. The monoisotopic (exact) mass is 562 g/mol. The van der Waals surface area contributed by atoms with Gasteiger partial charge in [0, 0.05) is 54.0 Å². The number of hydrogen-bond donors (Lipinski definition) is 2. The molecule has 0 bridgehead atoms. The number of rotatable bonds is 9. The van der Waals surface area contributed by atoms with E-state index >= 15 is 0 Å². The van der Waals surface area contributed by atoms with Gasteiger partial charge in [-0.1, -0.05) is 49.6 Å². The molecule has 0 amide bonds. The Morgan fingerprint density at radius 1 is 1.13 bits per heavy atom. The van der Waals surface area contributed by atoms with E-state index in [-0.39, 0.29) is 29.5 Å². The number of ether oxygens (including phenoxy) is 1. The van der Waals surface area contributed by atoms with Crippen molar-refractivity contribution in [2.24, 2.45) is 4.99 Å². The molecule has 2 fully saturated rings. The van der Waals surface area contributed by atoms with Crippen molar-refractivity contribution >= 4 is 40.7 Å². The van der Waals surface area contributed by atoms with E-state index in [1.54, 1.807) is 0 Å². The highest BCUT2D eigenvalue weighted by Gasteiger charge is 2.38. The molecule has 0 spiro atoms. The van der Waals surface area contributed by atoms with Crippen LogP contribution in [0.1, 0.15) is 44.6 Å². The van der Waals surface area contributed by atoms with Crippen LogP contribution in [0.3, 0.4) is 0 Å². The van der Waals surface area contributed by atoms with E-state index in [4.69, 9.17) is 9.73 Å². The third-order valence-corrected chi connectivity index (χ3v) is 7.45. The van der Waals surface area contributed by atoms with Crippen LogP contribution in [0.4, 0.5) is 0 Å². The fourth-order valence-electron chi connectivity index (χ4n) is 4.51. The minimum Gasteiger partial charge on any atom is -0.379 e. The summed E-state index contributed by atoms with van der Waals surface area (Å²) >= 11 is 0. The van der Waals surface area contributed by atoms with Gasteiger partial charge in [0.25, 0.3) is 0 Å². The third kappa shape index (κ3) is 8.63. The van der Waals surface area contributed by atoms with Gasteiger partial charge in [-0.05, 0) is 25.3 Å². The van der Waals surface area contributed by atoms with Crippen LogP contribution in [0.2, 0.25) is 0 Å². The summed E-state index contributed by atoms with van der Waals surface area (Å²) < 4.78 is 18.0. The summed E-state index contributed by atoms with van der Waals surface area (Å²) in [6, 6.07) is 10.0. The van der Waals surface area contributed by atoms with E-state index in [0.717, 1.165) is 50.9 Å². The van der Waals surface area contributed by atoms with Crippen molar-refractivity contribution in [3.63, 3.8) is 0 Å². The van der Waals surface area contributed by atoms with Gasteiger partial charge in [-0.2, -0.15) is 0 Å². The zero-order chi connectivity index (χ0) is 21.1. The molecule has 1 saturated heterocycles. The summed E-state index contributed by atoms with van der Waals surface area (Å²) in [5.74, 6) is 2.07. The van der Waals surface area contributed by atoms with Gasteiger partial charge in [-0.15, -0.1) is 24.0 Å². The van der Waals surface area contributed by atoms with Gasteiger partial charge in [-0.25, -0.2) is 0 Å². The Labute approximate surface area is 207 Å². The molecule has 176 valence electrons. The van der Waals surface area contributed by atoms with Gasteiger partial charge in [-0.3, -0.25) is 14.1 Å². The van der Waals surface area contributed by atoms with Gasteiger partial charge in [0.05, 0.1) is 19.8 Å². The standard InChI is InChI=1S/C23H38N4O2S.HI/c1-2-24-22(25-13-18-30(28)19-21-9-5-3-6-10-21)26-20-23(11-7-4-8-12-23)27-14-16-29-17-15-27;/h3,5-6,9-10H,2,4,7-8,11-20H2,1H3,(H2,24,25,26);1H. The summed E-state index contributed by atoms with van der Waals surface area (Å²) in [6.07, 6.45) is 6.35. The van der Waals surface area contributed by atoms with Crippen LogP contribution in [0.5, 0.6) is 0 Å². The van der Waals surface area contributed by atoms with Gasteiger partial charge in [0.1, 0.15) is 0 Å². The third-order valence-electron chi connectivity index (χ3n) is 6.13. The maximum atomic E-state index is 12.4. The van der Waals surface area contributed by atoms with Gasteiger partial charge in [0.15, 0.2) is 5.96 Å². The number of benzene rings is 1. The predicted octanol–water partition coefficient (Wildman–Crippen LogP) is 3.14. The van der Waals surface area contributed by atoms with Gasteiger partial charge >= 0.3 is 0 Å². The van der Waals surface area contributed by atoms with Gasteiger partial charge < -0.3 is 15.4 Å². The smallest absolute Gasteiger partial charge is 0.191 e. The highest BCUT2D eigenvalue weighted by Crippen LogP contribution is 2.34. The molecule has 1 unspecified atom stereocenters. The molecule has 8 heteroatoms. The summed E-state index contributed by atoms with van der Waals surface area (Å²) in [6.45, 7) is 8.07. The van der Waals surface area contributed by atoms with Crippen molar-refractivity contribution in [1.82, 2.24) is 15.5 Å². The van der Waals surface area contributed by atoms with Crippen molar-refractivity contribution in [3.8, 4) is 0 Å². The topological polar surface area (TPSA) is 66.0 Å².